The predicted octanol–water partition coefficient (Wildman–Crippen LogP) is 2.15. The van der Waals surface area contributed by atoms with E-state index in [1.165, 1.54) is 18.6 Å². The average molecular weight is 297 g/mol. The Hall–Kier alpha value is -1.27. The topological polar surface area (TPSA) is 98.2 Å². The van der Waals surface area contributed by atoms with Crippen molar-refractivity contribution in [2.45, 2.75) is 44.0 Å². The molecule has 1 saturated carbocycles. The fourth-order valence-corrected chi connectivity index (χ4v) is 3.28. The Morgan fingerprint density at radius 2 is 1.90 bits per heavy atom. The lowest BCUT2D eigenvalue weighted by atomic mass is 9.79. The normalized spacial score (nSPS) is 27.2. The van der Waals surface area contributed by atoms with Gasteiger partial charge in [-0.25, -0.2) is 13.6 Å². The first-order valence-corrected chi connectivity index (χ1v) is 8.51. The van der Waals surface area contributed by atoms with Crippen molar-refractivity contribution in [3.05, 3.63) is 18.2 Å². The lowest BCUT2D eigenvalue weighted by Crippen LogP contribution is -2.30. The highest BCUT2D eigenvalue weighted by atomic mass is 32.2. The lowest BCUT2D eigenvalue weighted by molar-refractivity contribution is 0.261. The molecule has 0 saturated heterocycles. The van der Waals surface area contributed by atoms with E-state index in [1.807, 2.05) is 0 Å². The second-order valence-electron chi connectivity index (χ2n) is 5.90. The molecule has 5 nitrogen and oxygen atoms in total. The van der Waals surface area contributed by atoms with Crippen LogP contribution in [0.2, 0.25) is 0 Å². The minimum absolute atomic E-state index is 0.0893. The number of nitrogens with one attached hydrogen (secondary N) is 1. The number of anilines is 2. The van der Waals surface area contributed by atoms with Gasteiger partial charge in [0.05, 0.1) is 16.3 Å². The number of sulfonamides is 1. The van der Waals surface area contributed by atoms with Crippen LogP contribution in [-0.4, -0.2) is 14.5 Å². The highest BCUT2D eigenvalue weighted by Crippen LogP contribution is 2.32. The van der Waals surface area contributed by atoms with Crippen molar-refractivity contribution < 1.29 is 8.42 Å². The highest BCUT2D eigenvalue weighted by molar-refractivity contribution is 7.89. The van der Waals surface area contributed by atoms with Crippen LogP contribution in [0.15, 0.2) is 23.1 Å². The molecule has 20 heavy (non-hydrogen) atoms. The van der Waals surface area contributed by atoms with Gasteiger partial charge in [0.2, 0.25) is 10.0 Å². The SMILES string of the molecule is CC1CCC(Nc2cc(S(N)(=O)=O)ccc2N)CC1C. The van der Waals surface area contributed by atoms with Crippen LogP contribution in [0.3, 0.4) is 0 Å². The molecule has 0 aromatic heterocycles. The number of benzene rings is 1. The molecule has 0 radical (unpaired) electrons. The lowest BCUT2D eigenvalue weighted by Gasteiger charge is -2.33. The Labute approximate surface area is 120 Å². The fourth-order valence-electron chi connectivity index (χ4n) is 2.74. The van der Waals surface area contributed by atoms with Crippen LogP contribution in [0, 0.1) is 11.8 Å². The first kappa shape index (κ1) is 15.1. The molecule has 0 amide bonds. The second-order valence-corrected chi connectivity index (χ2v) is 7.46. The summed E-state index contributed by atoms with van der Waals surface area (Å²) >= 11 is 0. The first-order valence-electron chi connectivity index (χ1n) is 6.96. The van der Waals surface area contributed by atoms with Gasteiger partial charge in [-0.15, -0.1) is 0 Å². The summed E-state index contributed by atoms with van der Waals surface area (Å²) in [6.45, 7) is 4.53. The van der Waals surface area contributed by atoms with Crippen molar-refractivity contribution in [1.29, 1.82) is 0 Å². The Bertz CT molecular complexity index is 586. The third kappa shape index (κ3) is 3.43. The molecular weight excluding hydrogens is 274 g/mol. The van der Waals surface area contributed by atoms with Crippen LogP contribution in [0.5, 0.6) is 0 Å². The van der Waals surface area contributed by atoms with Gasteiger partial charge < -0.3 is 11.1 Å². The number of rotatable bonds is 3. The van der Waals surface area contributed by atoms with Crippen LogP contribution in [0.25, 0.3) is 0 Å². The molecular formula is C14H23N3O2S. The maximum absolute atomic E-state index is 11.4. The molecule has 112 valence electrons. The molecule has 2 rings (SSSR count). The molecule has 0 spiro atoms. The molecule has 3 unspecified atom stereocenters. The van der Waals surface area contributed by atoms with Crippen LogP contribution in [-0.2, 0) is 10.0 Å². The molecule has 6 heteroatoms. The maximum atomic E-state index is 11.4. The van der Waals surface area contributed by atoms with Crippen molar-refractivity contribution in [1.82, 2.24) is 0 Å². The van der Waals surface area contributed by atoms with E-state index in [9.17, 15) is 8.42 Å². The average Bonchev–Trinajstić information content (AvgIpc) is 2.35. The molecule has 0 aliphatic heterocycles. The highest BCUT2D eigenvalue weighted by Gasteiger charge is 2.25. The summed E-state index contributed by atoms with van der Waals surface area (Å²) in [7, 11) is -3.70. The van der Waals surface area contributed by atoms with E-state index in [0.717, 1.165) is 18.8 Å². The summed E-state index contributed by atoms with van der Waals surface area (Å²) in [6, 6.07) is 4.87. The van der Waals surface area contributed by atoms with Crippen LogP contribution >= 0.6 is 0 Å². The summed E-state index contributed by atoms with van der Waals surface area (Å²) in [5.41, 5.74) is 7.11. The van der Waals surface area contributed by atoms with Crippen molar-refractivity contribution in [3.8, 4) is 0 Å². The smallest absolute Gasteiger partial charge is 0.238 e. The Balaban J connectivity index is 2.17. The van der Waals surface area contributed by atoms with E-state index < -0.39 is 10.0 Å². The molecule has 1 fully saturated rings. The molecule has 0 bridgehead atoms. The van der Waals surface area contributed by atoms with Crippen molar-refractivity contribution in [2.75, 3.05) is 11.1 Å². The summed E-state index contributed by atoms with van der Waals surface area (Å²) in [5.74, 6) is 1.39. The van der Waals surface area contributed by atoms with E-state index in [1.54, 1.807) is 6.07 Å². The van der Waals surface area contributed by atoms with Crippen LogP contribution in [0.4, 0.5) is 11.4 Å². The van der Waals surface area contributed by atoms with E-state index in [0.29, 0.717) is 23.3 Å². The minimum atomic E-state index is -3.70. The molecule has 1 aliphatic carbocycles. The van der Waals surface area contributed by atoms with E-state index in [4.69, 9.17) is 10.9 Å². The zero-order chi connectivity index (χ0) is 14.9. The largest absolute Gasteiger partial charge is 0.397 e. The van der Waals surface area contributed by atoms with Gasteiger partial charge in [0, 0.05) is 6.04 Å². The number of nitrogens with two attached hydrogens (primary N) is 2. The fraction of sp³-hybridized carbons (Fsp3) is 0.571. The number of hydrogen-bond donors (Lipinski definition) is 3. The quantitative estimate of drug-likeness (QED) is 0.744. The standard InChI is InChI=1S/C14H23N3O2S/c1-9-3-4-11(7-10(9)2)17-14-8-12(20(16,18)19)5-6-13(14)15/h5-6,8-11,17H,3-4,7,15H2,1-2H3,(H2,16,18,19). The van der Waals surface area contributed by atoms with E-state index >= 15 is 0 Å². The Kier molecular flexibility index (Phi) is 4.25. The van der Waals surface area contributed by atoms with Gasteiger partial charge in [0.15, 0.2) is 0 Å². The zero-order valence-electron chi connectivity index (χ0n) is 12.0. The van der Waals surface area contributed by atoms with Gasteiger partial charge in [0.25, 0.3) is 0 Å². The Morgan fingerprint density at radius 3 is 2.50 bits per heavy atom. The summed E-state index contributed by atoms with van der Waals surface area (Å²) < 4.78 is 22.8. The second kappa shape index (κ2) is 5.61. The first-order chi connectivity index (χ1) is 9.27. The zero-order valence-corrected chi connectivity index (χ0v) is 12.8. The van der Waals surface area contributed by atoms with Gasteiger partial charge in [-0.05, 0) is 49.3 Å². The summed E-state index contributed by atoms with van der Waals surface area (Å²) in [6.07, 6.45) is 3.32. The number of nitrogen functional groups attached to an aromatic ring is 1. The Morgan fingerprint density at radius 1 is 1.20 bits per heavy atom. The van der Waals surface area contributed by atoms with Gasteiger partial charge in [0.1, 0.15) is 0 Å². The van der Waals surface area contributed by atoms with Gasteiger partial charge in [-0.1, -0.05) is 13.8 Å². The molecule has 1 aliphatic rings. The molecule has 3 atom stereocenters. The van der Waals surface area contributed by atoms with Crippen LogP contribution < -0.4 is 16.2 Å². The third-order valence-electron chi connectivity index (χ3n) is 4.31. The predicted molar refractivity (Wildman–Crippen MR) is 81.8 cm³/mol. The summed E-state index contributed by atoms with van der Waals surface area (Å²) in [5, 5.41) is 8.52. The van der Waals surface area contributed by atoms with Crippen LogP contribution in [0.1, 0.15) is 33.1 Å². The maximum Gasteiger partial charge on any atom is 0.238 e. The van der Waals surface area contributed by atoms with Crippen molar-refractivity contribution in [3.63, 3.8) is 0 Å². The van der Waals surface area contributed by atoms with Crippen molar-refractivity contribution in [2.24, 2.45) is 17.0 Å². The third-order valence-corrected chi connectivity index (χ3v) is 5.22. The molecule has 1 aromatic carbocycles. The minimum Gasteiger partial charge on any atom is -0.397 e. The molecule has 0 heterocycles. The monoisotopic (exact) mass is 297 g/mol. The van der Waals surface area contributed by atoms with E-state index in [2.05, 4.69) is 19.2 Å². The molecule has 5 N–H and O–H groups in total. The van der Waals surface area contributed by atoms with Gasteiger partial charge in [-0.2, -0.15) is 0 Å². The van der Waals surface area contributed by atoms with Gasteiger partial charge >= 0.3 is 0 Å². The van der Waals surface area contributed by atoms with E-state index in [-0.39, 0.29) is 4.90 Å². The van der Waals surface area contributed by atoms with Gasteiger partial charge in [-0.3, -0.25) is 0 Å². The van der Waals surface area contributed by atoms with Crippen molar-refractivity contribution >= 4 is 21.4 Å². The number of hydrogen-bond acceptors (Lipinski definition) is 4. The molecule has 1 aromatic rings. The number of primary sulfonamides is 1. The summed E-state index contributed by atoms with van der Waals surface area (Å²) in [4.78, 5) is 0.0893.